The van der Waals surface area contributed by atoms with Crippen LogP contribution < -0.4 is 5.32 Å². The molecule has 1 aliphatic heterocycles. The summed E-state index contributed by atoms with van der Waals surface area (Å²) in [7, 11) is 1.47. The van der Waals surface area contributed by atoms with Gasteiger partial charge < -0.3 is 15.0 Å². The molecule has 26 heavy (non-hydrogen) atoms. The molecule has 0 radical (unpaired) electrons. The molecule has 5 heteroatoms. The highest BCUT2D eigenvalue weighted by molar-refractivity contribution is 5.80. The highest BCUT2D eigenvalue weighted by Crippen LogP contribution is 2.43. The van der Waals surface area contributed by atoms with Gasteiger partial charge in [0.15, 0.2) is 5.96 Å². The van der Waals surface area contributed by atoms with Crippen LogP contribution in [0.25, 0.3) is 0 Å². The molecule has 142 valence electrons. The van der Waals surface area contributed by atoms with Gasteiger partial charge in [0.25, 0.3) is 0 Å². The van der Waals surface area contributed by atoms with Gasteiger partial charge in [-0.2, -0.15) is 0 Å². The number of benzene rings is 1. The molecule has 1 aromatic rings. The average molecular weight is 357 g/mol. The summed E-state index contributed by atoms with van der Waals surface area (Å²) in [5.74, 6) is 0.934. The quantitative estimate of drug-likeness (QED) is 0.500. The Bertz CT molecular complexity index is 617. The van der Waals surface area contributed by atoms with E-state index in [2.05, 4.69) is 47.5 Å². The zero-order chi connectivity index (χ0) is 18.4. The predicted octanol–water partition coefficient (Wildman–Crippen LogP) is 2.96. The summed E-state index contributed by atoms with van der Waals surface area (Å²) >= 11 is 0. The number of hydrogen-bond acceptors (Lipinski definition) is 3. The van der Waals surface area contributed by atoms with Gasteiger partial charge in [0.05, 0.1) is 19.6 Å². The number of rotatable bonds is 5. The summed E-state index contributed by atoms with van der Waals surface area (Å²) in [5, 5.41) is 3.44. The zero-order valence-corrected chi connectivity index (χ0v) is 16.0. The highest BCUT2D eigenvalue weighted by Gasteiger charge is 2.38. The Morgan fingerprint density at radius 3 is 2.50 bits per heavy atom. The molecular weight excluding hydrogens is 326 g/mol. The number of aliphatic imine (C=N–C) groups is 1. The van der Waals surface area contributed by atoms with Gasteiger partial charge in [0.2, 0.25) is 0 Å². The van der Waals surface area contributed by atoms with Crippen LogP contribution in [0.15, 0.2) is 35.3 Å². The van der Waals surface area contributed by atoms with Gasteiger partial charge in [-0.05, 0) is 38.2 Å². The lowest BCUT2D eigenvalue weighted by Gasteiger charge is -2.42. The third kappa shape index (κ3) is 4.02. The Kier molecular flexibility index (Phi) is 6.17. The van der Waals surface area contributed by atoms with E-state index in [0.717, 1.165) is 45.0 Å². The molecule has 1 saturated carbocycles. The summed E-state index contributed by atoms with van der Waals surface area (Å²) in [6, 6.07) is 10.8. The van der Waals surface area contributed by atoms with Crippen LogP contribution in [0.3, 0.4) is 0 Å². The molecule has 0 atom stereocenters. The third-order valence-electron chi connectivity index (χ3n) is 5.89. The van der Waals surface area contributed by atoms with Crippen LogP contribution in [-0.4, -0.2) is 50.1 Å². The fourth-order valence-electron chi connectivity index (χ4n) is 4.08. The maximum absolute atomic E-state index is 11.7. The maximum atomic E-state index is 11.7. The molecule has 2 fully saturated rings. The number of ether oxygens (including phenoxy) is 1. The molecule has 1 saturated heterocycles. The number of hydrogen-bond donors (Lipinski definition) is 1. The van der Waals surface area contributed by atoms with E-state index in [1.54, 1.807) is 0 Å². The lowest BCUT2D eigenvalue weighted by molar-refractivity contribution is -0.146. The van der Waals surface area contributed by atoms with Gasteiger partial charge in [-0.1, -0.05) is 36.8 Å². The van der Waals surface area contributed by atoms with Gasteiger partial charge in [-0.15, -0.1) is 0 Å². The molecule has 3 rings (SSSR count). The minimum absolute atomic E-state index is 0.0291. The Morgan fingerprint density at radius 2 is 1.96 bits per heavy atom. The van der Waals surface area contributed by atoms with E-state index in [1.807, 2.05) is 0 Å². The smallest absolute Gasteiger partial charge is 0.308 e. The van der Waals surface area contributed by atoms with Crippen LogP contribution in [-0.2, 0) is 14.9 Å². The Balaban J connectivity index is 1.67. The lowest BCUT2D eigenvalue weighted by atomic mass is 9.64. The summed E-state index contributed by atoms with van der Waals surface area (Å²) in [6.45, 7) is 5.49. The van der Waals surface area contributed by atoms with Crippen LogP contribution >= 0.6 is 0 Å². The number of piperidine rings is 1. The fraction of sp³-hybridized carbons (Fsp3) is 0.619. The Morgan fingerprint density at radius 1 is 1.27 bits per heavy atom. The van der Waals surface area contributed by atoms with Gasteiger partial charge >= 0.3 is 5.97 Å². The van der Waals surface area contributed by atoms with Gasteiger partial charge in [0.1, 0.15) is 0 Å². The van der Waals surface area contributed by atoms with Crippen molar-refractivity contribution in [2.24, 2.45) is 10.9 Å². The second-order valence-corrected chi connectivity index (χ2v) is 7.45. The van der Waals surface area contributed by atoms with E-state index in [9.17, 15) is 4.79 Å². The first kappa shape index (κ1) is 18.7. The summed E-state index contributed by atoms with van der Waals surface area (Å²) in [4.78, 5) is 19.0. The second kappa shape index (κ2) is 8.56. The van der Waals surface area contributed by atoms with Crippen LogP contribution in [0.4, 0.5) is 0 Å². The van der Waals surface area contributed by atoms with Crippen molar-refractivity contribution < 1.29 is 9.53 Å². The molecule has 0 unspecified atom stereocenters. The number of nitrogens with zero attached hydrogens (tertiary/aromatic N) is 2. The van der Waals surface area contributed by atoms with E-state index in [1.165, 1.54) is 31.9 Å². The largest absolute Gasteiger partial charge is 0.469 e. The first-order chi connectivity index (χ1) is 12.7. The van der Waals surface area contributed by atoms with Crippen molar-refractivity contribution in [2.45, 2.75) is 44.4 Å². The van der Waals surface area contributed by atoms with Gasteiger partial charge in [-0.25, -0.2) is 0 Å². The molecule has 1 aromatic carbocycles. The summed E-state index contributed by atoms with van der Waals surface area (Å²) in [6.07, 6.45) is 5.38. The predicted molar refractivity (Wildman–Crippen MR) is 104 cm³/mol. The maximum Gasteiger partial charge on any atom is 0.308 e. The first-order valence-corrected chi connectivity index (χ1v) is 9.85. The number of nitrogens with one attached hydrogen (secondary N) is 1. The Labute approximate surface area is 156 Å². The van der Waals surface area contributed by atoms with Crippen molar-refractivity contribution in [1.82, 2.24) is 10.2 Å². The SMILES string of the molecule is CCNC(=NCC1(c2ccccc2)CCC1)N1CCC(C(=O)OC)CC1. The summed E-state index contributed by atoms with van der Waals surface area (Å²) < 4.78 is 4.89. The van der Waals surface area contributed by atoms with Crippen molar-refractivity contribution in [1.29, 1.82) is 0 Å². The molecule has 1 heterocycles. The fourth-order valence-corrected chi connectivity index (χ4v) is 4.08. The molecule has 5 nitrogen and oxygen atoms in total. The highest BCUT2D eigenvalue weighted by atomic mass is 16.5. The third-order valence-corrected chi connectivity index (χ3v) is 5.89. The van der Waals surface area contributed by atoms with E-state index in [-0.39, 0.29) is 17.3 Å². The molecule has 0 bridgehead atoms. The number of guanidine groups is 1. The van der Waals surface area contributed by atoms with Crippen LogP contribution in [0.1, 0.15) is 44.6 Å². The van der Waals surface area contributed by atoms with Gasteiger partial charge in [-0.3, -0.25) is 9.79 Å². The van der Waals surface area contributed by atoms with E-state index in [4.69, 9.17) is 9.73 Å². The molecule has 1 N–H and O–H groups in total. The minimum atomic E-state index is -0.0795. The molecule has 1 aliphatic carbocycles. The molecular formula is C21H31N3O2. The van der Waals surface area contributed by atoms with Crippen molar-refractivity contribution in [2.75, 3.05) is 33.3 Å². The second-order valence-electron chi connectivity index (χ2n) is 7.45. The number of carbonyl (C=O) groups is 1. The van der Waals surface area contributed by atoms with Crippen molar-refractivity contribution in [3.63, 3.8) is 0 Å². The molecule has 2 aliphatic rings. The first-order valence-electron chi connectivity index (χ1n) is 9.85. The number of methoxy groups -OCH3 is 1. The standard InChI is InChI=1S/C21H31N3O2/c1-3-22-20(24-14-10-17(11-15-24)19(25)26-2)23-16-21(12-7-13-21)18-8-5-4-6-9-18/h4-6,8-9,17H,3,7,10-16H2,1-2H3,(H,22,23). The van der Waals surface area contributed by atoms with Crippen molar-refractivity contribution in [3.8, 4) is 0 Å². The van der Waals surface area contributed by atoms with E-state index < -0.39 is 0 Å². The van der Waals surface area contributed by atoms with Crippen LogP contribution in [0, 0.1) is 5.92 Å². The molecule has 0 amide bonds. The van der Waals surface area contributed by atoms with Crippen molar-refractivity contribution >= 4 is 11.9 Å². The zero-order valence-electron chi connectivity index (χ0n) is 16.0. The molecule has 0 spiro atoms. The topological polar surface area (TPSA) is 53.9 Å². The Hall–Kier alpha value is -2.04. The van der Waals surface area contributed by atoms with E-state index >= 15 is 0 Å². The van der Waals surface area contributed by atoms with Crippen molar-refractivity contribution in [3.05, 3.63) is 35.9 Å². The monoisotopic (exact) mass is 357 g/mol. The summed E-state index contributed by atoms with van der Waals surface area (Å²) in [5.41, 5.74) is 1.61. The number of likely N-dealkylation sites (tertiary alicyclic amines) is 1. The normalized spacial score (nSPS) is 20.4. The van der Waals surface area contributed by atoms with Gasteiger partial charge in [0, 0.05) is 25.0 Å². The minimum Gasteiger partial charge on any atom is -0.469 e. The van der Waals surface area contributed by atoms with E-state index in [0.29, 0.717) is 0 Å². The average Bonchev–Trinajstić information content (AvgIpc) is 2.66. The van der Waals surface area contributed by atoms with Crippen LogP contribution in [0.2, 0.25) is 0 Å². The number of carbonyl (C=O) groups excluding carboxylic acids is 1. The van der Waals surface area contributed by atoms with Crippen LogP contribution in [0.5, 0.6) is 0 Å². The number of esters is 1. The lowest BCUT2D eigenvalue weighted by Crippen LogP contribution is -2.47. The molecule has 0 aromatic heterocycles.